The second-order valence-corrected chi connectivity index (χ2v) is 8.20. The minimum Gasteiger partial charge on any atom is -0.302 e. The van der Waals surface area contributed by atoms with Crippen LogP contribution in [-0.4, -0.2) is 36.9 Å². The molecule has 0 aliphatic carbocycles. The Morgan fingerprint density at radius 2 is 1.93 bits per heavy atom. The van der Waals surface area contributed by atoms with Crippen molar-refractivity contribution in [2.45, 2.75) is 11.6 Å². The van der Waals surface area contributed by atoms with E-state index >= 15 is 0 Å². The fourth-order valence-corrected chi connectivity index (χ4v) is 4.33. The lowest BCUT2D eigenvalue weighted by Crippen LogP contribution is -2.12. The summed E-state index contributed by atoms with van der Waals surface area (Å²) in [7, 11) is 0. The Balaban J connectivity index is 1.32. The standard InChI is InChI=1S/C19H15ClN6OS2/c20-15-9-5-4-8-14(15)16-12-29-18(21-16)22-17(27)10-11-28-19-23-24-25-26(19)13-6-2-1-3-7-13/h1-9,12H,10-11H2,(H,21,22,27). The number of thioether (sulfide) groups is 1. The zero-order valence-corrected chi connectivity index (χ0v) is 17.4. The summed E-state index contributed by atoms with van der Waals surface area (Å²) in [5, 5.41) is 18.3. The fraction of sp³-hybridized carbons (Fsp3) is 0.105. The summed E-state index contributed by atoms with van der Waals surface area (Å²) in [6.07, 6.45) is 0.313. The molecule has 0 unspecified atom stereocenters. The maximum absolute atomic E-state index is 12.3. The number of tetrazole rings is 1. The van der Waals surface area contributed by atoms with Crippen molar-refractivity contribution in [1.29, 1.82) is 0 Å². The lowest BCUT2D eigenvalue weighted by Gasteiger charge is -2.04. The third-order valence-corrected chi connectivity index (χ3v) is 5.91. The van der Waals surface area contributed by atoms with Crippen LogP contribution in [0, 0.1) is 0 Å². The Morgan fingerprint density at radius 1 is 1.14 bits per heavy atom. The van der Waals surface area contributed by atoms with Crippen LogP contribution in [0.3, 0.4) is 0 Å². The zero-order chi connectivity index (χ0) is 20.1. The number of nitrogens with zero attached hydrogens (tertiary/aromatic N) is 5. The number of benzene rings is 2. The summed E-state index contributed by atoms with van der Waals surface area (Å²) < 4.78 is 1.65. The number of nitrogens with one attached hydrogen (secondary N) is 1. The van der Waals surface area contributed by atoms with Crippen molar-refractivity contribution >= 4 is 45.7 Å². The molecule has 29 heavy (non-hydrogen) atoms. The van der Waals surface area contributed by atoms with Gasteiger partial charge in [-0.05, 0) is 28.6 Å². The highest BCUT2D eigenvalue weighted by Crippen LogP contribution is 2.30. The molecule has 0 fully saturated rings. The van der Waals surface area contributed by atoms with Gasteiger partial charge in [0, 0.05) is 28.1 Å². The highest BCUT2D eigenvalue weighted by Gasteiger charge is 2.12. The molecule has 2 heterocycles. The first-order valence-corrected chi connectivity index (χ1v) is 10.9. The number of amides is 1. The van der Waals surface area contributed by atoms with Crippen molar-refractivity contribution in [3.63, 3.8) is 0 Å². The van der Waals surface area contributed by atoms with Crippen LogP contribution in [-0.2, 0) is 4.79 Å². The predicted octanol–water partition coefficient (Wildman–Crippen LogP) is 4.56. The Morgan fingerprint density at radius 3 is 2.76 bits per heavy atom. The predicted molar refractivity (Wildman–Crippen MR) is 116 cm³/mol. The third kappa shape index (κ3) is 4.81. The lowest BCUT2D eigenvalue weighted by molar-refractivity contribution is -0.115. The molecule has 146 valence electrons. The molecule has 2 aromatic heterocycles. The average molecular weight is 443 g/mol. The molecule has 0 radical (unpaired) electrons. The largest absolute Gasteiger partial charge is 0.302 e. The van der Waals surface area contributed by atoms with E-state index in [2.05, 4.69) is 25.8 Å². The van der Waals surface area contributed by atoms with Gasteiger partial charge in [-0.3, -0.25) is 4.79 Å². The third-order valence-electron chi connectivity index (χ3n) is 3.90. The first kappa shape index (κ1) is 19.6. The van der Waals surface area contributed by atoms with Gasteiger partial charge in [-0.15, -0.1) is 16.4 Å². The number of aromatic nitrogens is 5. The van der Waals surface area contributed by atoms with Crippen molar-refractivity contribution in [2.75, 3.05) is 11.1 Å². The smallest absolute Gasteiger partial charge is 0.226 e. The van der Waals surface area contributed by atoms with Crippen LogP contribution in [0.4, 0.5) is 5.13 Å². The van der Waals surface area contributed by atoms with Gasteiger partial charge in [0.05, 0.1) is 11.4 Å². The second-order valence-electron chi connectivity index (χ2n) is 5.87. The van der Waals surface area contributed by atoms with Gasteiger partial charge in [0.2, 0.25) is 11.1 Å². The number of rotatable bonds is 7. The van der Waals surface area contributed by atoms with Gasteiger partial charge in [-0.2, -0.15) is 4.68 Å². The number of carbonyl (C=O) groups is 1. The summed E-state index contributed by atoms with van der Waals surface area (Å²) in [5.41, 5.74) is 2.46. The van der Waals surface area contributed by atoms with Crippen LogP contribution >= 0.6 is 34.7 Å². The Hall–Kier alpha value is -2.75. The van der Waals surface area contributed by atoms with Gasteiger partial charge >= 0.3 is 0 Å². The van der Waals surface area contributed by atoms with E-state index in [-0.39, 0.29) is 5.91 Å². The molecule has 1 amide bonds. The molecule has 0 aliphatic heterocycles. The molecule has 2 aromatic carbocycles. The molecule has 4 aromatic rings. The molecule has 0 saturated heterocycles. The fourth-order valence-electron chi connectivity index (χ4n) is 2.54. The molecule has 4 rings (SSSR count). The topological polar surface area (TPSA) is 85.6 Å². The van der Waals surface area contributed by atoms with Crippen LogP contribution in [0.2, 0.25) is 5.02 Å². The average Bonchev–Trinajstić information content (AvgIpc) is 3.39. The molecule has 10 heteroatoms. The maximum atomic E-state index is 12.3. The van der Waals surface area contributed by atoms with Crippen molar-refractivity contribution < 1.29 is 4.79 Å². The van der Waals surface area contributed by atoms with E-state index in [1.807, 2.05) is 60.0 Å². The monoisotopic (exact) mass is 442 g/mol. The highest BCUT2D eigenvalue weighted by atomic mass is 35.5. The Labute approximate surface area is 180 Å². The number of halogens is 1. The lowest BCUT2D eigenvalue weighted by atomic mass is 10.2. The summed E-state index contributed by atoms with van der Waals surface area (Å²) in [6, 6.07) is 17.1. The number of para-hydroxylation sites is 1. The van der Waals surface area contributed by atoms with Crippen molar-refractivity contribution in [1.82, 2.24) is 25.2 Å². The van der Waals surface area contributed by atoms with E-state index in [1.54, 1.807) is 4.68 Å². The van der Waals surface area contributed by atoms with Gasteiger partial charge in [0.25, 0.3) is 0 Å². The van der Waals surface area contributed by atoms with Crippen LogP contribution in [0.5, 0.6) is 0 Å². The van der Waals surface area contributed by atoms with Crippen LogP contribution in [0.25, 0.3) is 16.9 Å². The highest BCUT2D eigenvalue weighted by molar-refractivity contribution is 7.99. The molecule has 1 N–H and O–H groups in total. The van der Waals surface area contributed by atoms with E-state index < -0.39 is 0 Å². The first-order chi connectivity index (χ1) is 14.2. The van der Waals surface area contributed by atoms with Gasteiger partial charge in [0.15, 0.2) is 5.13 Å². The molecule has 0 spiro atoms. The summed E-state index contributed by atoms with van der Waals surface area (Å²) in [6.45, 7) is 0. The Kier molecular flexibility index (Phi) is 6.18. The van der Waals surface area contributed by atoms with Crippen molar-refractivity contribution in [3.8, 4) is 16.9 Å². The van der Waals surface area contributed by atoms with Crippen molar-refractivity contribution in [3.05, 3.63) is 65.0 Å². The second kappa shape index (κ2) is 9.17. The number of thiazole rings is 1. The minimum atomic E-state index is -0.115. The molecular weight excluding hydrogens is 428 g/mol. The van der Waals surface area contributed by atoms with E-state index in [9.17, 15) is 4.79 Å². The van der Waals surface area contributed by atoms with E-state index in [0.717, 1.165) is 16.9 Å². The number of anilines is 1. The summed E-state index contributed by atoms with van der Waals surface area (Å²) in [4.78, 5) is 16.7. The van der Waals surface area contributed by atoms with Gasteiger partial charge in [-0.25, -0.2) is 4.98 Å². The summed E-state index contributed by atoms with van der Waals surface area (Å²) >= 11 is 8.99. The minimum absolute atomic E-state index is 0.115. The molecule has 0 aliphatic rings. The van der Waals surface area contributed by atoms with Crippen LogP contribution in [0.15, 0.2) is 65.1 Å². The van der Waals surface area contributed by atoms with Gasteiger partial charge < -0.3 is 5.32 Å². The summed E-state index contributed by atoms with van der Waals surface area (Å²) in [5.74, 6) is 0.429. The van der Waals surface area contributed by atoms with E-state index in [4.69, 9.17) is 11.6 Å². The number of hydrogen-bond acceptors (Lipinski definition) is 7. The van der Waals surface area contributed by atoms with Crippen LogP contribution in [0.1, 0.15) is 6.42 Å². The normalized spacial score (nSPS) is 10.8. The molecular formula is C19H15ClN6OS2. The van der Waals surface area contributed by atoms with Crippen molar-refractivity contribution in [2.24, 2.45) is 0 Å². The molecule has 7 nitrogen and oxygen atoms in total. The molecule has 0 bridgehead atoms. The maximum Gasteiger partial charge on any atom is 0.226 e. The van der Waals surface area contributed by atoms with Crippen LogP contribution < -0.4 is 5.32 Å². The molecule has 0 atom stereocenters. The first-order valence-electron chi connectivity index (χ1n) is 8.67. The Bertz CT molecular complexity index is 1110. The van der Waals surface area contributed by atoms with Gasteiger partial charge in [-0.1, -0.05) is 59.8 Å². The quantitative estimate of drug-likeness (QED) is 0.422. The number of carbonyl (C=O) groups excluding carboxylic acids is 1. The SMILES string of the molecule is O=C(CCSc1nnnn1-c1ccccc1)Nc1nc(-c2ccccc2Cl)cs1. The van der Waals surface area contributed by atoms with E-state index in [0.29, 0.717) is 27.5 Å². The van der Waals surface area contributed by atoms with Gasteiger partial charge in [0.1, 0.15) is 0 Å². The number of hydrogen-bond donors (Lipinski definition) is 1. The van der Waals surface area contributed by atoms with E-state index in [1.165, 1.54) is 23.1 Å². The molecule has 0 saturated carbocycles. The zero-order valence-electron chi connectivity index (χ0n) is 15.0.